The van der Waals surface area contributed by atoms with Crippen LogP contribution in [0.15, 0.2) is 46.2 Å². The molecule has 0 atom stereocenters. The van der Waals surface area contributed by atoms with Gasteiger partial charge in [0, 0.05) is 0 Å². The molecule has 0 saturated carbocycles. The standard InChI is InChI=1S/C13H12Cl2N2O5S2/c1-22-12-5-2-8(6-13(12)23(16,18)19)17-24(20,21)9-3-4-10(14)11(15)7-9/h2-7,17H,1H3,(H2,16,18,19). The molecule has 0 aliphatic carbocycles. The van der Waals surface area contributed by atoms with Gasteiger partial charge in [0.2, 0.25) is 10.0 Å². The van der Waals surface area contributed by atoms with E-state index in [4.69, 9.17) is 33.1 Å². The van der Waals surface area contributed by atoms with Crippen LogP contribution >= 0.6 is 23.2 Å². The third kappa shape index (κ3) is 4.11. The van der Waals surface area contributed by atoms with Crippen molar-refractivity contribution in [3.8, 4) is 5.75 Å². The van der Waals surface area contributed by atoms with Crippen LogP contribution in [-0.4, -0.2) is 23.9 Å². The molecule has 0 radical (unpaired) electrons. The number of rotatable bonds is 5. The Morgan fingerprint density at radius 1 is 1.00 bits per heavy atom. The van der Waals surface area contributed by atoms with Gasteiger partial charge in [0.1, 0.15) is 10.6 Å². The minimum Gasteiger partial charge on any atom is -0.495 e. The Balaban J connectivity index is 2.45. The zero-order valence-corrected chi connectivity index (χ0v) is 15.3. The molecule has 2 aromatic carbocycles. The van der Waals surface area contributed by atoms with Crippen LogP contribution in [0.3, 0.4) is 0 Å². The van der Waals surface area contributed by atoms with Crippen LogP contribution in [0, 0.1) is 0 Å². The lowest BCUT2D eigenvalue weighted by Gasteiger charge is -2.12. The molecular formula is C13H12Cl2N2O5S2. The molecule has 0 aliphatic heterocycles. The highest BCUT2D eigenvalue weighted by Gasteiger charge is 2.19. The molecule has 0 fully saturated rings. The molecule has 0 aliphatic rings. The number of nitrogens with two attached hydrogens (primary N) is 1. The van der Waals surface area contributed by atoms with Crippen molar-refractivity contribution < 1.29 is 21.6 Å². The van der Waals surface area contributed by atoms with Crippen LogP contribution in [0.5, 0.6) is 5.75 Å². The van der Waals surface area contributed by atoms with Gasteiger partial charge < -0.3 is 4.74 Å². The highest BCUT2D eigenvalue weighted by atomic mass is 35.5. The van der Waals surface area contributed by atoms with Gasteiger partial charge in [0.15, 0.2) is 0 Å². The number of hydrogen-bond donors (Lipinski definition) is 2. The second-order valence-corrected chi connectivity index (χ2v) is 8.62. The molecule has 2 aromatic rings. The Kier molecular flexibility index (Phi) is 5.31. The molecular weight excluding hydrogens is 399 g/mol. The number of primary sulfonamides is 1. The quantitative estimate of drug-likeness (QED) is 0.784. The van der Waals surface area contributed by atoms with Crippen LogP contribution < -0.4 is 14.6 Å². The van der Waals surface area contributed by atoms with E-state index in [0.717, 1.165) is 6.07 Å². The minimum atomic E-state index is -4.10. The average Bonchev–Trinajstić information content (AvgIpc) is 2.48. The van der Waals surface area contributed by atoms with Crippen molar-refractivity contribution in [3.05, 3.63) is 46.4 Å². The highest BCUT2D eigenvalue weighted by Crippen LogP contribution is 2.29. The van der Waals surface area contributed by atoms with Crippen molar-refractivity contribution >= 4 is 48.9 Å². The van der Waals surface area contributed by atoms with E-state index in [2.05, 4.69) is 4.72 Å². The largest absolute Gasteiger partial charge is 0.495 e. The summed E-state index contributed by atoms with van der Waals surface area (Å²) >= 11 is 11.6. The van der Waals surface area contributed by atoms with E-state index in [0.29, 0.717) is 0 Å². The van der Waals surface area contributed by atoms with E-state index in [1.165, 1.54) is 37.4 Å². The smallest absolute Gasteiger partial charge is 0.261 e. The van der Waals surface area contributed by atoms with Crippen molar-refractivity contribution in [2.45, 2.75) is 9.79 Å². The number of methoxy groups -OCH3 is 1. The SMILES string of the molecule is COc1ccc(NS(=O)(=O)c2ccc(Cl)c(Cl)c2)cc1S(N)(=O)=O. The van der Waals surface area contributed by atoms with Gasteiger partial charge in [-0.3, -0.25) is 4.72 Å². The third-order valence-corrected chi connectivity index (χ3v) is 5.97. The van der Waals surface area contributed by atoms with Gasteiger partial charge in [-0.15, -0.1) is 0 Å². The molecule has 0 bridgehead atoms. The monoisotopic (exact) mass is 410 g/mol. The molecule has 130 valence electrons. The van der Waals surface area contributed by atoms with Crippen molar-refractivity contribution in [3.63, 3.8) is 0 Å². The van der Waals surface area contributed by atoms with Gasteiger partial charge in [0.05, 0.1) is 27.7 Å². The summed E-state index contributed by atoms with van der Waals surface area (Å²) in [4.78, 5) is -0.482. The first-order valence-corrected chi connectivity index (χ1v) is 10.0. The fourth-order valence-corrected chi connectivity index (χ4v) is 3.98. The van der Waals surface area contributed by atoms with Gasteiger partial charge in [-0.25, -0.2) is 22.0 Å². The molecule has 2 rings (SSSR count). The van der Waals surface area contributed by atoms with Gasteiger partial charge in [-0.1, -0.05) is 23.2 Å². The van der Waals surface area contributed by atoms with Crippen LogP contribution in [0.1, 0.15) is 0 Å². The number of hydrogen-bond acceptors (Lipinski definition) is 5. The summed E-state index contributed by atoms with van der Waals surface area (Å²) in [5, 5.41) is 5.37. The Hall–Kier alpha value is -1.52. The zero-order valence-electron chi connectivity index (χ0n) is 12.2. The summed E-state index contributed by atoms with van der Waals surface area (Å²) in [5.74, 6) is -0.00464. The first-order chi connectivity index (χ1) is 11.0. The number of sulfonamides is 2. The van der Waals surface area contributed by atoms with Crippen molar-refractivity contribution in [2.75, 3.05) is 11.8 Å². The molecule has 7 nitrogen and oxygen atoms in total. The molecule has 11 heteroatoms. The van der Waals surface area contributed by atoms with Gasteiger partial charge in [0.25, 0.3) is 10.0 Å². The maximum atomic E-state index is 12.4. The summed E-state index contributed by atoms with van der Waals surface area (Å²) in [6.07, 6.45) is 0. The predicted molar refractivity (Wildman–Crippen MR) is 91.6 cm³/mol. The van der Waals surface area contributed by atoms with E-state index < -0.39 is 20.0 Å². The number of ether oxygens (including phenoxy) is 1. The maximum absolute atomic E-state index is 12.4. The zero-order chi connectivity index (χ0) is 18.1. The van der Waals surface area contributed by atoms with Gasteiger partial charge in [-0.05, 0) is 36.4 Å². The lowest BCUT2D eigenvalue weighted by molar-refractivity contribution is 0.403. The Morgan fingerprint density at radius 2 is 1.67 bits per heavy atom. The lowest BCUT2D eigenvalue weighted by Crippen LogP contribution is -2.16. The Bertz CT molecular complexity index is 991. The summed E-state index contributed by atoms with van der Waals surface area (Å²) in [5.41, 5.74) is -0.00843. The summed E-state index contributed by atoms with van der Waals surface area (Å²) in [6.45, 7) is 0. The predicted octanol–water partition coefficient (Wildman–Crippen LogP) is 2.45. The van der Waals surface area contributed by atoms with Crippen LogP contribution in [0.4, 0.5) is 5.69 Å². The summed E-state index contributed by atoms with van der Waals surface area (Å²) in [6, 6.07) is 7.46. The Morgan fingerprint density at radius 3 is 2.21 bits per heavy atom. The van der Waals surface area contributed by atoms with Crippen molar-refractivity contribution in [2.24, 2.45) is 5.14 Å². The second-order valence-electron chi connectivity index (χ2n) is 4.59. The highest BCUT2D eigenvalue weighted by molar-refractivity contribution is 7.92. The molecule has 3 N–H and O–H groups in total. The van der Waals surface area contributed by atoms with E-state index in [1.54, 1.807) is 0 Å². The number of halogens is 2. The molecule has 24 heavy (non-hydrogen) atoms. The second kappa shape index (κ2) is 6.77. The molecule has 0 saturated heterocycles. The fourth-order valence-electron chi connectivity index (χ4n) is 1.82. The number of nitrogens with one attached hydrogen (secondary N) is 1. The van der Waals surface area contributed by atoms with E-state index in [9.17, 15) is 16.8 Å². The third-order valence-electron chi connectivity index (χ3n) is 2.92. The van der Waals surface area contributed by atoms with Crippen LogP contribution in [-0.2, 0) is 20.0 Å². The normalized spacial score (nSPS) is 12.0. The van der Waals surface area contributed by atoms with Crippen molar-refractivity contribution in [1.82, 2.24) is 0 Å². The van der Waals surface area contributed by atoms with Crippen molar-refractivity contribution in [1.29, 1.82) is 0 Å². The average molecular weight is 411 g/mol. The van der Waals surface area contributed by atoms with E-state index in [-0.39, 0.29) is 31.3 Å². The molecule has 0 heterocycles. The number of benzene rings is 2. The van der Waals surface area contributed by atoms with Crippen LogP contribution in [0.25, 0.3) is 0 Å². The number of anilines is 1. The van der Waals surface area contributed by atoms with Crippen LogP contribution in [0.2, 0.25) is 10.0 Å². The molecule has 0 spiro atoms. The summed E-state index contributed by atoms with van der Waals surface area (Å²) in [7, 11) is -6.84. The first-order valence-electron chi connectivity index (χ1n) is 6.23. The van der Waals surface area contributed by atoms with Gasteiger partial charge in [-0.2, -0.15) is 0 Å². The van der Waals surface area contributed by atoms with Gasteiger partial charge >= 0.3 is 0 Å². The minimum absolute atomic E-state index is 0.00464. The lowest BCUT2D eigenvalue weighted by atomic mass is 10.3. The summed E-state index contributed by atoms with van der Waals surface area (Å²) < 4.78 is 55.0. The van der Waals surface area contributed by atoms with E-state index >= 15 is 0 Å². The molecule has 0 unspecified atom stereocenters. The maximum Gasteiger partial charge on any atom is 0.261 e. The molecule has 0 amide bonds. The fraction of sp³-hybridized carbons (Fsp3) is 0.0769. The first kappa shape index (κ1) is 18.8. The Labute approximate surface area is 149 Å². The topological polar surface area (TPSA) is 116 Å². The molecule has 0 aromatic heterocycles. The van der Waals surface area contributed by atoms with E-state index in [1.807, 2.05) is 0 Å².